The summed E-state index contributed by atoms with van der Waals surface area (Å²) < 4.78 is 6.33. The van der Waals surface area contributed by atoms with Crippen molar-refractivity contribution in [2.75, 3.05) is 0 Å². The fraction of sp³-hybridized carbons (Fsp3) is 0.211. The maximum atomic E-state index is 12.5. The van der Waals surface area contributed by atoms with Crippen LogP contribution in [-0.2, 0) is 27.7 Å². The average molecular weight is 349 g/mol. The second-order valence-corrected chi connectivity index (χ2v) is 6.43. The van der Waals surface area contributed by atoms with Crippen molar-refractivity contribution < 1.29 is 0 Å². The van der Waals surface area contributed by atoms with Crippen LogP contribution in [0.25, 0.3) is 22.6 Å². The number of nitrogens with zero attached hydrogens (tertiary/aromatic N) is 5. The Balaban J connectivity index is 1.82. The Bertz CT molecular complexity index is 1220. The van der Waals surface area contributed by atoms with Crippen LogP contribution in [0.5, 0.6) is 0 Å². The number of aromatic nitrogens is 5. The number of rotatable bonds is 3. The molecule has 0 aliphatic carbocycles. The molecule has 0 bridgehead atoms. The summed E-state index contributed by atoms with van der Waals surface area (Å²) in [4.78, 5) is 29.2. The van der Waals surface area contributed by atoms with Crippen LogP contribution in [0.3, 0.4) is 0 Å². The standard InChI is InChI=1S/C19H19N5O2/c1-21-15-17(22(2)19(26)23(3)18(15)25)20-16(21)14-9-10-24(12-14)11-13-7-5-4-6-8-13/h4-10,12H,11H2,1-3H3. The predicted molar refractivity (Wildman–Crippen MR) is 100 cm³/mol. The molecule has 4 rings (SSSR count). The van der Waals surface area contributed by atoms with Gasteiger partial charge in [-0.2, -0.15) is 0 Å². The van der Waals surface area contributed by atoms with Gasteiger partial charge in [-0.15, -0.1) is 0 Å². The summed E-state index contributed by atoms with van der Waals surface area (Å²) in [5.41, 5.74) is 2.19. The highest BCUT2D eigenvalue weighted by atomic mass is 16.2. The third-order valence-corrected chi connectivity index (χ3v) is 4.69. The van der Waals surface area contributed by atoms with Gasteiger partial charge >= 0.3 is 5.69 Å². The van der Waals surface area contributed by atoms with E-state index in [2.05, 4.69) is 21.7 Å². The Morgan fingerprint density at radius 3 is 2.38 bits per heavy atom. The van der Waals surface area contributed by atoms with Gasteiger partial charge in [-0.1, -0.05) is 30.3 Å². The third kappa shape index (κ3) is 2.40. The fourth-order valence-corrected chi connectivity index (χ4v) is 3.24. The molecule has 0 spiro atoms. The predicted octanol–water partition coefficient (Wildman–Crippen LogP) is 1.49. The van der Waals surface area contributed by atoms with Crippen molar-refractivity contribution in [3.63, 3.8) is 0 Å². The summed E-state index contributed by atoms with van der Waals surface area (Å²) in [6, 6.07) is 12.1. The molecule has 7 nitrogen and oxygen atoms in total. The normalized spacial score (nSPS) is 11.3. The first-order valence-electron chi connectivity index (χ1n) is 8.30. The Kier molecular flexibility index (Phi) is 3.64. The van der Waals surface area contributed by atoms with Gasteiger partial charge in [0.15, 0.2) is 11.2 Å². The van der Waals surface area contributed by atoms with E-state index >= 15 is 0 Å². The van der Waals surface area contributed by atoms with E-state index < -0.39 is 0 Å². The van der Waals surface area contributed by atoms with Crippen LogP contribution in [0.15, 0.2) is 58.4 Å². The topological polar surface area (TPSA) is 66.8 Å². The van der Waals surface area contributed by atoms with Crippen molar-refractivity contribution >= 4 is 11.2 Å². The van der Waals surface area contributed by atoms with Crippen LogP contribution < -0.4 is 11.2 Å². The first-order chi connectivity index (χ1) is 12.5. The summed E-state index contributed by atoms with van der Waals surface area (Å²) in [5, 5.41) is 0. The zero-order chi connectivity index (χ0) is 18.4. The molecule has 26 heavy (non-hydrogen) atoms. The van der Waals surface area contributed by atoms with Crippen molar-refractivity contribution in [1.29, 1.82) is 0 Å². The van der Waals surface area contributed by atoms with E-state index in [1.165, 1.54) is 17.2 Å². The molecule has 0 atom stereocenters. The first-order valence-corrected chi connectivity index (χ1v) is 8.30. The second kappa shape index (κ2) is 5.87. The lowest BCUT2D eigenvalue weighted by Crippen LogP contribution is -2.37. The molecule has 132 valence electrons. The minimum atomic E-state index is -0.381. The molecule has 0 N–H and O–H groups in total. The minimum Gasteiger partial charge on any atom is -0.349 e. The summed E-state index contributed by atoms with van der Waals surface area (Å²) in [5.74, 6) is 0.658. The highest BCUT2D eigenvalue weighted by Gasteiger charge is 2.18. The van der Waals surface area contributed by atoms with E-state index in [0.717, 1.165) is 16.7 Å². The largest absolute Gasteiger partial charge is 0.349 e. The molecule has 7 heteroatoms. The minimum absolute atomic E-state index is 0.340. The van der Waals surface area contributed by atoms with Gasteiger partial charge in [0.2, 0.25) is 0 Å². The molecular weight excluding hydrogens is 330 g/mol. The fourth-order valence-electron chi connectivity index (χ4n) is 3.24. The third-order valence-electron chi connectivity index (χ3n) is 4.69. The molecule has 3 heterocycles. The SMILES string of the molecule is Cn1c(=O)c2c(nc(-c3ccn(Cc4ccccc4)c3)n2C)n(C)c1=O. The van der Waals surface area contributed by atoms with Crippen molar-refractivity contribution in [3.8, 4) is 11.4 Å². The molecule has 0 unspecified atom stereocenters. The van der Waals surface area contributed by atoms with Crippen LogP contribution in [0.1, 0.15) is 5.56 Å². The quantitative estimate of drug-likeness (QED) is 0.563. The lowest BCUT2D eigenvalue weighted by atomic mass is 10.2. The van der Waals surface area contributed by atoms with Crippen molar-refractivity contribution in [2.45, 2.75) is 6.54 Å². The molecule has 0 aliphatic rings. The molecule has 0 saturated heterocycles. The van der Waals surface area contributed by atoms with Crippen LogP contribution in [-0.4, -0.2) is 23.3 Å². The number of hydrogen-bond donors (Lipinski definition) is 0. The molecule has 0 saturated carbocycles. The summed E-state index contributed by atoms with van der Waals surface area (Å²) in [6.45, 7) is 0.755. The van der Waals surface area contributed by atoms with Crippen LogP contribution in [0, 0.1) is 0 Å². The Morgan fingerprint density at radius 2 is 1.65 bits per heavy atom. The monoisotopic (exact) mass is 349 g/mol. The maximum Gasteiger partial charge on any atom is 0.332 e. The highest BCUT2D eigenvalue weighted by molar-refractivity contribution is 5.76. The summed E-state index contributed by atoms with van der Waals surface area (Å²) >= 11 is 0. The lowest BCUT2D eigenvalue weighted by Gasteiger charge is -2.03. The molecule has 4 aromatic rings. The molecule has 0 fully saturated rings. The smallest absolute Gasteiger partial charge is 0.332 e. The van der Waals surface area contributed by atoms with E-state index in [0.29, 0.717) is 17.0 Å². The summed E-state index contributed by atoms with van der Waals surface area (Å²) in [7, 11) is 4.90. The van der Waals surface area contributed by atoms with E-state index in [-0.39, 0.29) is 11.2 Å². The van der Waals surface area contributed by atoms with Gasteiger partial charge in [0.1, 0.15) is 5.82 Å². The van der Waals surface area contributed by atoms with E-state index in [1.54, 1.807) is 18.7 Å². The summed E-state index contributed by atoms with van der Waals surface area (Å²) in [6.07, 6.45) is 3.98. The number of benzene rings is 1. The van der Waals surface area contributed by atoms with Crippen molar-refractivity contribution in [1.82, 2.24) is 23.3 Å². The van der Waals surface area contributed by atoms with Gasteiger partial charge in [0.25, 0.3) is 5.56 Å². The van der Waals surface area contributed by atoms with Gasteiger partial charge in [0.05, 0.1) is 0 Å². The number of fused-ring (bicyclic) bond motifs is 1. The van der Waals surface area contributed by atoms with Crippen molar-refractivity contribution in [3.05, 3.63) is 75.2 Å². The Morgan fingerprint density at radius 1 is 0.923 bits per heavy atom. The van der Waals surface area contributed by atoms with Gasteiger partial charge in [-0.05, 0) is 11.6 Å². The molecule has 1 aromatic carbocycles. The Labute approximate surface area is 149 Å². The Hall–Kier alpha value is -3.35. The average Bonchev–Trinajstić information content (AvgIpc) is 3.23. The zero-order valence-corrected chi connectivity index (χ0v) is 14.9. The number of aryl methyl sites for hydroxylation is 2. The lowest BCUT2D eigenvalue weighted by molar-refractivity contribution is 0.705. The van der Waals surface area contributed by atoms with Gasteiger partial charge in [-0.3, -0.25) is 13.9 Å². The van der Waals surface area contributed by atoms with Crippen LogP contribution >= 0.6 is 0 Å². The zero-order valence-electron chi connectivity index (χ0n) is 14.9. The van der Waals surface area contributed by atoms with Gasteiger partial charge < -0.3 is 9.13 Å². The van der Waals surface area contributed by atoms with Crippen LogP contribution in [0.2, 0.25) is 0 Å². The van der Waals surface area contributed by atoms with E-state index in [4.69, 9.17) is 0 Å². The van der Waals surface area contributed by atoms with E-state index in [1.807, 2.05) is 36.7 Å². The second-order valence-electron chi connectivity index (χ2n) is 6.43. The molecular formula is C19H19N5O2. The molecule has 0 amide bonds. The van der Waals surface area contributed by atoms with E-state index in [9.17, 15) is 9.59 Å². The molecule has 0 aliphatic heterocycles. The maximum absolute atomic E-state index is 12.5. The van der Waals surface area contributed by atoms with Gasteiger partial charge in [0, 0.05) is 45.6 Å². The first kappa shape index (κ1) is 16.1. The highest BCUT2D eigenvalue weighted by Crippen LogP contribution is 2.22. The number of hydrogen-bond acceptors (Lipinski definition) is 3. The van der Waals surface area contributed by atoms with Crippen LogP contribution in [0.4, 0.5) is 0 Å². The van der Waals surface area contributed by atoms with Crippen molar-refractivity contribution in [2.24, 2.45) is 21.1 Å². The van der Waals surface area contributed by atoms with Gasteiger partial charge in [-0.25, -0.2) is 9.78 Å². The number of imidazole rings is 1. The molecule has 0 radical (unpaired) electrons. The molecule has 3 aromatic heterocycles.